The van der Waals surface area contributed by atoms with E-state index in [1.54, 1.807) is 44.5 Å². The molecule has 1 aliphatic heterocycles. The van der Waals surface area contributed by atoms with Crippen LogP contribution in [0.15, 0.2) is 47.3 Å². The highest BCUT2D eigenvalue weighted by Gasteiger charge is 2.37. The third kappa shape index (κ3) is 7.53. The quantitative estimate of drug-likeness (QED) is 0.201. The highest BCUT2D eigenvalue weighted by atomic mass is 16.6. The molecular weight excluding hydrogens is 534 g/mol. The molecule has 2 heterocycles. The van der Waals surface area contributed by atoms with E-state index in [0.717, 1.165) is 5.56 Å². The summed E-state index contributed by atoms with van der Waals surface area (Å²) in [5.41, 5.74) is 1.68. The number of benzene rings is 2. The van der Waals surface area contributed by atoms with Crippen LogP contribution in [0.2, 0.25) is 0 Å². The Morgan fingerprint density at radius 3 is 2.12 bits per heavy atom. The van der Waals surface area contributed by atoms with Crippen molar-refractivity contribution >= 4 is 22.8 Å². The summed E-state index contributed by atoms with van der Waals surface area (Å²) < 4.78 is 29.9. The number of fused-ring (bicyclic) bond motifs is 1. The molecule has 0 radical (unpaired) electrons. The van der Waals surface area contributed by atoms with Gasteiger partial charge in [0.1, 0.15) is 24.1 Å². The lowest BCUT2D eigenvalue weighted by atomic mass is 10.0. The van der Waals surface area contributed by atoms with E-state index in [2.05, 4.69) is 0 Å². The number of piperidine rings is 1. The third-order valence-corrected chi connectivity index (χ3v) is 6.83. The summed E-state index contributed by atoms with van der Waals surface area (Å²) in [6, 6.07) is 11.7. The van der Waals surface area contributed by atoms with Crippen molar-refractivity contribution in [2.45, 2.75) is 25.4 Å². The number of carbonyl (C=O) groups excluding carboxylic acids is 2. The van der Waals surface area contributed by atoms with Crippen LogP contribution >= 0.6 is 0 Å². The minimum absolute atomic E-state index is 0.00860. The second-order valence-corrected chi connectivity index (χ2v) is 9.49. The van der Waals surface area contributed by atoms with Gasteiger partial charge in [-0.25, -0.2) is 4.79 Å². The Bertz CT molecular complexity index is 1370. The number of aliphatic hydroxyl groups excluding tert-OH is 1. The topological polar surface area (TPSA) is 131 Å². The summed E-state index contributed by atoms with van der Waals surface area (Å²) in [4.78, 5) is 40.7. The minimum Gasteiger partial charge on any atom is -0.497 e. The monoisotopic (exact) mass is 571 g/mol. The Balaban J connectivity index is 1.36. The number of hydrogen-bond acceptors (Lipinski definition) is 9. The fraction of sp³-hybridized carbons (Fsp3) is 0.483. The lowest BCUT2D eigenvalue weighted by Gasteiger charge is -2.31. The number of aryl methyl sites for hydroxylation is 1. The molecule has 1 aliphatic rings. The van der Waals surface area contributed by atoms with E-state index >= 15 is 0 Å². The van der Waals surface area contributed by atoms with Crippen LogP contribution in [0.1, 0.15) is 24.4 Å². The van der Waals surface area contributed by atoms with E-state index in [0.29, 0.717) is 68.8 Å². The summed E-state index contributed by atoms with van der Waals surface area (Å²) in [5.74, 6) is 0.596. The summed E-state index contributed by atoms with van der Waals surface area (Å²) in [6.07, 6.45) is 0.421. The maximum atomic E-state index is 13.5. The Hall–Kier alpha value is -3.71. The number of aromatic nitrogens is 2. The van der Waals surface area contributed by atoms with Gasteiger partial charge in [0.2, 0.25) is 5.91 Å². The summed E-state index contributed by atoms with van der Waals surface area (Å²) >= 11 is 0. The molecule has 0 aliphatic carbocycles. The molecule has 1 atom stereocenters. The van der Waals surface area contributed by atoms with E-state index in [4.69, 9.17) is 28.8 Å². The predicted molar refractivity (Wildman–Crippen MR) is 149 cm³/mol. The lowest BCUT2D eigenvalue weighted by Crippen LogP contribution is -2.47. The molecule has 1 saturated heterocycles. The average molecular weight is 572 g/mol. The molecule has 2 amide bonds. The number of likely N-dealkylation sites (tertiary alicyclic amines) is 1. The zero-order valence-corrected chi connectivity index (χ0v) is 23.5. The van der Waals surface area contributed by atoms with Gasteiger partial charge in [-0.1, -0.05) is 12.1 Å². The fourth-order valence-corrected chi connectivity index (χ4v) is 4.70. The summed E-state index contributed by atoms with van der Waals surface area (Å²) in [5, 5.41) is 8.64. The molecule has 0 spiro atoms. The number of rotatable bonds is 16. The van der Waals surface area contributed by atoms with Crippen LogP contribution in [0.4, 0.5) is 0 Å². The Morgan fingerprint density at radius 1 is 0.829 bits per heavy atom. The van der Waals surface area contributed by atoms with Crippen molar-refractivity contribution in [2.24, 2.45) is 7.05 Å². The van der Waals surface area contributed by atoms with E-state index in [9.17, 15) is 14.4 Å². The summed E-state index contributed by atoms with van der Waals surface area (Å²) in [6.45, 7) is 2.77. The van der Waals surface area contributed by atoms with Crippen molar-refractivity contribution in [3.63, 3.8) is 0 Å². The standard InChI is InChI=1S/C29H37N3O9/c1-30-26-19-23(41-18-17-40-16-15-39-14-13-38-12-11-33)7-8-24(26)32(29(30)36)25-9-10-27(34)31(28(25)35)20-21-3-5-22(37-2)6-4-21/h3-8,19,25,33H,9-18,20H2,1-2H3. The first kappa shape index (κ1) is 30.3. The molecule has 0 bridgehead atoms. The predicted octanol–water partition coefficient (Wildman–Crippen LogP) is 1.66. The largest absolute Gasteiger partial charge is 0.497 e. The molecule has 1 aromatic heterocycles. The zero-order chi connectivity index (χ0) is 29.2. The van der Waals surface area contributed by atoms with Gasteiger partial charge in [-0.3, -0.25) is 23.6 Å². The molecule has 41 heavy (non-hydrogen) atoms. The molecule has 1 fully saturated rings. The number of ether oxygens (including phenoxy) is 5. The maximum Gasteiger partial charge on any atom is 0.329 e. The molecule has 3 aromatic rings. The van der Waals surface area contributed by atoms with Crippen molar-refractivity contribution in [3.05, 3.63) is 58.5 Å². The number of imidazole rings is 1. The molecule has 1 N–H and O–H groups in total. The second kappa shape index (κ2) is 14.8. The summed E-state index contributed by atoms with van der Waals surface area (Å²) in [7, 11) is 3.22. The van der Waals surface area contributed by atoms with Crippen LogP contribution in [0, 0.1) is 0 Å². The van der Waals surface area contributed by atoms with E-state index in [1.165, 1.54) is 14.0 Å². The average Bonchev–Trinajstić information content (AvgIpc) is 3.23. The normalized spacial score (nSPS) is 15.6. The van der Waals surface area contributed by atoms with Gasteiger partial charge in [0.25, 0.3) is 5.91 Å². The number of amides is 2. The fourth-order valence-electron chi connectivity index (χ4n) is 4.70. The number of nitrogens with zero attached hydrogens (tertiary/aromatic N) is 3. The minimum atomic E-state index is -0.786. The number of carbonyl (C=O) groups is 2. The highest BCUT2D eigenvalue weighted by Crippen LogP contribution is 2.29. The van der Waals surface area contributed by atoms with Crippen LogP contribution < -0.4 is 15.2 Å². The van der Waals surface area contributed by atoms with E-state index in [-0.39, 0.29) is 37.6 Å². The van der Waals surface area contributed by atoms with E-state index < -0.39 is 11.9 Å². The second-order valence-electron chi connectivity index (χ2n) is 9.49. The van der Waals surface area contributed by atoms with Crippen molar-refractivity contribution in [2.75, 3.05) is 60.0 Å². The Morgan fingerprint density at radius 2 is 1.46 bits per heavy atom. The van der Waals surface area contributed by atoms with Gasteiger partial charge in [0, 0.05) is 19.5 Å². The SMILES string of the molecule is COc1ccc(CN2C(=O)CCC(n3c(=O)n(C)c4cc(OCCOCCOCCOCCO)ccc43)C2=O)cc1. The van der Waals surface area contributed by atoms with Crippen LogP contribution in [0.5, 0.6) is 11.5 Å². The lowest BCUT2D eigenvalue weighted by molar-refractivity contribution is -0.151. The molecule has 2 aromatic carbocycles. The molecule has 4 rings (SSSR count). The van der Waals surface area contributed by atoms with Gasteiger partial charge in [-0.05, 0) is 36.2 Å². The first-order valence-corrected chi connectivity index (χ1v) is 13.6. The first-order valence-electron chi connectivity index (χ1n) is 13.6. The van der Waals surface area contributed by atoms with Crippen LogP contribution in [-0.2, 0) is 37.4 Å². The van der Waals surface area contributed by atoms with Crippen molar-refractivity contribution in [1.82, 2.24) is 14.0 Å². The molecule has 12 heteroatoms. The maximum absolute atomic E-state index is 13.5. The number of imide groups is 1. The van der Waals surface area contributed by atoms with Gasteiger partial charge < -0.3 is 28.8 Å². The number of hydrogen-bond donors (Lipinski definition) is 1. The van der Waals surface area contributed by atoms with Gasteiger partial charge >= 0.3 is 5.69 Å². The number of methoxy groups -OCH3 is 1. The van der Waals surface area contributed by atoms with Crippen molar-refractivity contribution in [1.29, 1.82) is 0 Å². The van der Waals surface area contributed by atoms with Crippen LogP contribution in [-0.4, -0.2) is 90.9 Å². The molecule has 222 valence electrons. The Labute approximate surface area is 237 Å². The smallest absolute Gasteiger partial charge is 0.329 e. The van der Waals surface area contributed by atoms with Crippen LogP contribution in [0.25, 0.3) is 11.0 Å². The zero-order valence-electron chi connectivity index (χ0n) is 23.5. The van der Waals surface area contributed by atoms with Crippen molar-refractivity contribution < 1.29 is 38.4 Å². The first-order chi connectivity index (χ1) is 19.9. The van der Waals surface area contributed by atoms with Gasteiger partial charge in [0.15, 0.2) is 0 Å². The molecule has 0 saturated carbocycles. The van der Waals surface area contributed by atoms with Gasteiger partial charge in [-0.15, -0.1) is 0 Å². The van der Waals surface area contributed by atoms with E-state index in [1.807, 2.05) is 12.1 Å². The molecule has 1 unspecified atom stereocenters. The highest BCUT2D eigenvalue weighted by molar-refractivity contribution is 6.00. The van der Waals surface area contributed by atoms with Gasteiger partial charge in [0.05, 0.1) is 70.9 Å². The Kier molecular flexibility index (Phi) is 10.9. The molecule has 12 nitrogen and oxygen atoms in total. The molecular formula is C29H37N3O9. The third-order valence-electron chi connectivity index (χ3n) is 6.83. The number of aliphatic hydroxyl groups is 1. The van der Waals surface area contributed by atoms with Gasteiger partial charge in [-0.2, -0.15) is 0 Å². The van der Waals surface area contributed by atoms with Crippen molar-refractivity contribution in [3.8, 4) is 11.5 Å². The van der Waals surface area contributed by atoms with Crippen LogP contribution in [0.3, 0.4) is 0 Å².